The number of hydrogen-bond acceptors (Lipinski definition) is 4. The molecule has 0 aliphatic heterocycles. The molecule has 0 spiro atoms. The molecule has 0 saturated heterocycles. The molecule has 0 aromatic carbocycles. The molecule has 14 heavy (non-hydrogen) atoms. The highest BCUT2D eigenvalue weighted by Gasteiger charge is 2.02. The van der Waals surface area contributed by atoms with Crippen molar-refractivity contribution in [1.29, 1.82) is 0 Å². The number of ether oxygens (including phenoxy) is 1. The van der Waals surface area contributed by atoms with Crippen LogP contribution in [0.3, 0.4) is 0 Å². The summed E-state index contributed by atoms with van der Waals surface area (Å²) >= 11 is 0. The average molecular weight is 194 g/mol. The molecule has 0 amide bonds. The quantitative estimate of drug-likeness (QED) is 0.564. The number of methoxy groups -OCH3 is 1. The molecule has 2 N–H and O–H groups in total. The molecule has 0 bridgehead atoms. The van der Waals surface area contributed by atoms with Gasteiger partial charge in [0.2, 0.25) is 5.88 Å². The number of rotatable bonds is 3. The maximum atomic E-state index is 5.69. The van der Waals surface area contributed by atoms with Crippen LogP contribution >= 0.6 is 0 Å². The second-order valence-corrected chi connectivity index (χ2v) is 3.07. The van der Waals surface area contributed by atoms with Gasteiger partial charge in [-0.1, -0.05) is 0 Å². The molecule has 1 aromatic heterocycles. The van der Waals surface area contributed by atoms with Gasteiger partial charge < -0.3 is 10.5 Å². The van der Waals surface area contributed by atoms with E-state index in [-0.39, 0.29) is 6.04 Å². The third kappa shape index (κ3) is 2.69. The summed E-state index contributed by atoms with van der Waals surface area (Å²) in [7, 11) is 1.54. The monoisotopic (exact) mass is 194 g/mol. The van der Waals surface area contributed by atoms with Crippen LogP contribution in [0.2, 0.25) is 0 Å². The van der Waals surface area contributed by atoms with Crippen LogP contribution in [-0.4, -0.2) is 29.2 Å². The molecular weight excluding hydrogens is 180 g/mol. The molecule has 0 unspecified atom stereocenters. The van der Waals surface area contributed by atoms with Crippen molar-refractivity contribution < 1.29 is 4.74 Å². The molecule has 1 aromatic rings. The summed E-state index contributed by atoms with van der Waals surface area (Å²) in [5.41, 5.74) is 6.26. The molecule has 0 fully saturated rings. The molecule has 0 radical (unpaired) electrons. The fourth-order valence-electron chi connectivity index (χ4n) is 0.910. The molecule has 1 heterocycles. The standard InChI is InChI=1S/C9H14N4O/c1-6(2)11-9(10)7-4-5-8(14-3)13-12-7/h4-6H,1-3H3,(H2,10,11). The van der Waals surface area contributed by atoms with Crippen LogP contribution in [0.5, 0.6) is 5.88 Å². The van der Waals surface area contributed by atoms with Crippen molar-refractivity contribution in [3.8, 4) is 5.88 Å². The fraction of sp³-hybridized carbons (Fsp3) is 0.444. The lowest BCUT2D eigenvalue weighted by atomic mass is 10.3. The predicted molar refractivity (Wildman–Crippen MR) is 54.4 cm³/mol. The predicted octanol–water partition coefficient (Wildman–Crippen LogP) is 0.599. The van der Waals surface area contributed by atoms with E-state index >= 15 is 0 Å². The Morgan fingerprint density at radius 2 is 2.14 bits per heavy atom. The lowest BCUT2D eigenvalue weighted by molar-refractivity contribution is 0.392. The summed E-state index contributed by atoms with van der Waals surface area (Å²) in [4.78, 5) is 4.15. The van der Waals surface area contributed by atoms with Gasteiger partial charge in [0.1, 0.15) is 11.5 Å². The number of aromatic nitrogens is 2. The summed E-state index contributed by atoms with van der Waals surface area (Å²) in [5.74, 6) is 0.862. The third-order valence-electron chi connectivity index (χ3n) is 1.51. The lowest BCUT2D eigenvalue weighted by Gasteiger charge is -2.02. The number of amidine groups is 1. The second-order valence-electron chi connectivity index (χ2n) is 3.07. The van der Waals surface area contributed by atoms with Crippen LogP contribution in [0.1, 0.15) is 19.5 Å². The van der Waals surface area contributed by atoms with Gasteiger partial charge in [0.25, 0.3) is 0 Å². The Kier molecular flexibility index (Phi) is 3.39. The summed E-state index contributed by atoms with van der Waals surface area (Å²) in [6.45, 7) is 3.90. The van der Waals surface area contributed by atoms with E-state index in [1.165, 1.54) is 7.11 Å². The molecular formula is C9H14N4O. The maximum Gasteiger partial charge on any atom is 0.233 e. The Balaban J connectivity index is 2.86. The average Bonchev–Trinajstić information content (AvgIpc) is 2.17. The minimum Gasteiger partial charge on any atom is -0.480 e. The van der Waals surface area contributed by atoms with E-state index in [4.69, 9.17) is 10.5 Å². The van der Waals surface area contributed by atoms with Crippen molar-refractivity contribution in [3.05, 3.63) is 17.8 Å². The van der Waals surface area contributed by atoms with Crippen LogP contribution in [-0.2, 0) is 0 Å². The zero-order valence-corrected chi connectivity index (χ0v) is 8.56. The normalized spacial score (nSPS) is 11.9. The van der Waals surface area contributed by atoms with Crippen molar-refractivity contribution in [1.82, 2.24) is 10.2 Å². The van der Waals surface area contributed by atoms with Gasteiger partial charge in [-0.05, 0) is 19.9 Å². The molecule has 0 aliphatic rings. The number of nitrogens with two attached hydrogens (primary N) is 1. The lowest BCUT2D eigenvalue weighted by Crippen LogP contribution is -2.17. The van der Waals surface area contributed by atoms with Crippen LogP contribution in [0.15, 0.2) is 17.1 Å². The molecule has 1 rings (SSSR count). The Morgan fingerprint density at radius 1 is 1.43 bits per heavy atom. The van der Waals surface area contributed by atoms with Gasteiger partial charge in [-0.25, -0.2) is 0 Å². The van der Waals surface area contributed by atoms with Crippen molar-refractivity contribution >= 4 is 5.84 Å². The largest absolute Gasteiger partial charge is 0.480 e. The molecule has 0 atom stereocenters. The van der Waals surface area contributed by atoms with E-state index < -0.39 is 0 Å². The molecule has 5 heteroatoms. The van der Waals surface area contributed by atoms with Crippen LogP contribution in [0, 0.1) is 0 Å². The SMILES string of the molecule is COc1ccc(C(N)=NC(C)C)nn1. The van der Waals surface area contributed by atoms with Gasteiger partial charge >= 0.3 is 0 Å². The topological polar surface area (TPSA) is 73.4 Å². The van der Waals surface area contributed by atoms with E-state index in [1.54, 1.807) is 12.1 Å². The molecule has 0 aliphatic carbocycles. The summed E-state index contributed by atoms with van der Waals surface area (Å²) < 4.78 is 4.88. The number of hydrogen-bond donors (Lipinski definition) is 1. The first-order chi connectivity index (χ1) is 6.63. The van der Waals surface area contributed by atoms with Crippen LogP contribution in [0.25, 0.3) is 0 Å². The van der Waals surface area contributed by atoms with Gasteiger partial charge in [-0.2, -0.15) is 0 Å². The first-order valence-corrected chi connectivity index (χ1v) is 4.35. The van der Waals surface area contributed by atoms with Gasteiger partial charge in [-0.3, -0.25) is 4.99 Å². The molecule has 5 nitrogen and oxygen atoms in total. The second kappa shape index (κ2) is 4.55. The maximum absolute atomic E-state index is 5.69. The smallest absolute Gasteiger partial charge is 0.233 e. The summed E-state index contributed by atoms with van der Waals surface area (Å²) in [5, 5.41) is 7.66. The van der Waals surface area contributed by atoms with Gasteiger partial charge in [-0.15, -0.1) is 10.2 Å². The zero-order chi connectivity index (χ0) is 10.6. The minimum atomic E-state index is 0.152. The highest BCUT2D eigenvalue weighted by Crippen LogP contribution is 2.03. The Morgan fingerprint density at radius 3 is 2.57 bits per heavy atom. The van der Waals surface area contributed by atoms with Crippen LogP contribution in [0.4, 0.5) is 0 Å². The van der Waals surface area contributed by atoms with Crippen molar-refractivity contribution in [2.75, 3.05) is 7.11 Å². The molecule has 0 saturated carbocycles. The molecule has 76 valence electrons. The first kappa shape index (κ1) is 10.4. The third-order valence-corrected chi connectivity index (χ3v) is 1.51. The Labute approximate surface area is 83.0 Å². The minimum absolute atomic E-state index is 0.152. The van der Waals surface area contributed by atoms with E-state index in [0.717, 1.165) is 0 Å². The van der Waals surface area contributed by atoms with Gasteiger partial charge in [0.05, 0.1) is 7.11 Å². The number of nitrogens with zero attached hydrogens (tertiary/aromatic N) is 3. The summed E-state index contributed by atoms with van der Waals surface area (Å²) in [6, 6.07) is 3.58. The Hall–Kier alpha value is -1.65. The highest BCUT2D eigenvalue weighted by molar-refractivity contribution is 5.95. The Bertz CT molecular complexity index is 318. The van der Waals surface area contributed by atoms with Gasteiger partial charge in [0.15, 0.2) is 0 Å². The fourth-order valence-corrected chi connectivity index (χ4v) is 0.910. The van der Waals surface area contributed by atoms with Crippen molar-refractivity contribution in [3.63, 3.8) is 0 Å². The van der Waals surface area contributed by atoms with Crippen LogP contribution < -0.4 is 10.5 Å². The van der Waals surface area contributed by atoms with Crippen molar-refractivity contribution in [2.24, 2.45) is 10.7 Å². The van der Waals surface area contributed by atoms with Crippen molar-refractivity contribution in [2.45, 2.75) is 19.9 Å². The summed E-state index contributed by atoms with van der Waals surface area (Å²) in [6.07, 6.45) is 0. The first-order valence-electron chi connectivity index (χ1n) is 4.35. The van der Waals surface area contributed by atoms with E-state index in [9.17, 15) is 0 Å². The van der Waals surface area contributed by atoms with E-state index in [0.29, 0.717) is 17.4 Å². The van der Waals surface area contributed by atoms with E-state index in [1.807, 2.05) is 13.8 Å². The zero-order valence-electron chi connectivity index (χ0n) is 8.56. The van der Waals surface area contributed by atoms with Gasteiger partial charge in [0, 0.05) is 12.1 Å². The number of aliphatic imine (C=N–C) groups is 1. The highest BCUT2D eigenvalue weighted by atomic mass is 16.5. The van der Waals surface area contributed by atoms with E-state index in [2.05, 4.69) is 15.2 Å².